The second-order valence-corrected chi connectivity index (χ2v) is 5.65. The Hall–Kier alpha value is -2.12. The van der Waals surface area contributed by atoms with Crippen molar-refractivity contribution in [3.05, 3.63) is 51.8 Å². The highest BCUT2D eigenvalue weighted by molar-refractivity contribution is 6.30. The summed E-state index contributed by atoms with van der Waals surface area (Å²) in [5.41, 5.74) is 1.19. The van der Waals surface area contributed by atoms with Crippen molar-refractivity contribution in [2.45, 2.75) is 6.67 Å². The molecule has 0 unspecified atom stereocenters. The van der Waals surface area contributed by atoms with Gasteiger partial charge in [0.05, 0.1) is 11.6 Å². The van der Waals surface area contributed by atoms with Crippen LogP contribution in [0, 0.1) is 10.1 Å². The minimum absolute atomic E-state index is 0.0276. The van der Waals surface area contributed by atoms with Gasteiger partial charge in [0, 0.05) is 36.9 Å². The summed E-state index contributed by atoms with van der Waals surface area (Å²) in [4.78, 5) is 14.8. The Labute approximate surface area is 132 Å². The second-order valence-electron chi connectivity index (χ2n) is 5.22. The molecular weight excluding hydrogens is 306 g/mol. The van der Waals surface area contributed by atoms with Gasteiger partial charge < -0.3 is 4.90 Å². The van der Waals surface area contributed by atoms with E-state index in [4.69, 9.17) is 11.6 Å². The molecule has 1 aliphatic rings. The van der Waals surface area contributed by atoms with Crippen LogP contribution in [0.4, 0.5) is 11.4 Å². The van der Waals surface area contributed by atoms with Gasteiger partial charge in [0.2, 0.25) is 0 Å². The first-order chi connectivity index (χ1) is 10.6. The lowest BCUT2D eigenvalue weighted by Crippen LogP contribution is -2.46. The molecule has 1 aromatic heterocycles. The molecule has 0 spiro atoms. The smallest absolute Gasteiger partial charge is 0.307 e. The van der Waals surface area contributed by atoms with Gasteiger partial charge in [-0.3, -0.25) is 19.7 Å². The summed E-state index contributed by atoms with van der Waals surface area (Å²) in [5, 5.41) is 15.4. The van der Waals surface area contributed by atoms with Crippen molar-refractivity contribution in [2.24, 2.45) is 0 Å². The molecule has 1 aromatic carbocycles. The second kappa shape index (κ2) is 6.33. The van der Waals surface area contributed by atoms with Gasteiger partial charge in [-0.1, -0.05) is 11.6 Å². The van der Waals surface area contributed by atoms with Crippen LogP contribution in [0.3, 0.4) is 0 Å². The van der Waals surface area contributed by atoms with Crippen LogP contribution in [0.1, 0.15) is 0 Å². The number of piperazine rings is 1. The van der Waals surface area contributed by atoms with E-state index in [0.717, 1.165) is 31.2 Å². The van der Waals surface area contributed by atoms with Gasteiger partial charge >= 0.3 is 5.69 Å². The summed E-state index contributed by atoms with van der Waals surface area (Å²) in [5.74, 6) is 0. The minimum atomic E-state index is -0.429. The quantitative estimate of drug-likeness (QED) is 0.638. The van der Waals surface area contributed by atoms with Crippen LogP contribution in [0.2, 0.25) is 5.02 Å². The Morgan fingerprint density at radius 2 is 1.86 bits per heavy atom. The monoisotopic (exact) mass is 321 g/mol. The van der Waals surface area contributed by atoms with Crippen LogP contribution >= 0.6 is 11.6 Å². The highest BCUT2D eigenvalue weighted by Crippen LogP contribution is 2.19. The van der Waals surface area contributed by atoms with Crippen molar-refractivity contribution in [1.82, 2.24) is 14.7 Å². The maximum atomic E-state index is 10.7. The lowest BCUT2D eigenvalue weighted by atomic mass is 10.2. The largest absolute Gasteiger partial charge is 0.369 e. The molecule has 3 rings (SSSR count). The molecule has 116 valence electrons. The van der Waals surface area contributed by atoms with Gasteiger partial charge in [0.1, 0.15) is 12.4 Å². The zero-order valence-corrected chi connectivity index (χ0v) is 12.7. The van der Waals surface area contributed by atoms with E-state index in [1.807, 2.05) is 24.3 Å². The van der Waals surface area contributed by atoms with E-state index in [1.165, 1.54) is 18.1 Å². The topological polar surface area (TPSA) is 67.4 Å². The highest BCUT2D eigenvalue weighted by atomic mass is 35.5. The Balaban J connectivity index is 1.55. The zero-order valence-electron chi connectivity index (χ0n) is 11.9. The molecule has 1 fully saturated rings. The Morgan fingerprint density at radius 3 is 2.45 bits per heavy atom. The molecule has 2 aromatic rings. The fourth-order valence-electron chi connectivity index (χ4n) is 2.53. The zero-order chi connectivity index (χ0) is 15.5. The Kier molecular flexibility index (Phi) is 4.26. The van der Waals surface area contributed by atoms with Crippen molar-refractivity contribution >= 4 is 23.0 Å². The summed E-state index contributed by atoms with van der Waals surface area (Å²) in [7, 11) is 0. The van der Waals surface area contributed by atoms with E-state index in [1.54, 1.807) is 4.68 Å². The van der Waals surface area contributed by atoms with Crippen LogP contribution < -0.4 is 4.90 Å². The van der Waals surface area contributed by atoms with E-state index in [2.05, 4.69) is 14.9 Å². The fraction of sp³-hybridized carbons (Fsp3) is 0.357. The number of nitro groups is 1. The number of aromatic nitrogens is 2. The fourth-order valence-corrected chi connectivity index (χ4v) is 2.65. The van der Waals surface area contributed by atoms with Crippen molar-refractivity contribution in [3.8, 4) is 0 Å². The average molecular weight is 322 g/mol. The summed E-state index contributed by atoms with van der Waals surface area (Å²) in [6, 6.07) is 7.84. The van der Waals surface area contributed by atoms with E-state index < -0.39 is 4.92 Å². The highest BCUT2D eigenvalue weighted by Gasteiger charge is 2.18. The number of hydrogen-bond donors (Lipinski definition) is 0. The molecule has 0 atom stereocenters. The minimum Gasteiger partial charge on any atom is -0.369 e. The Morgan fingerprint density at radius 1 is 1.18 bits per heavy atom. The SMILES string of the molecule is O=[N+]([O-])c1cnn(CN2CCN(c3ccc(Cl)cc3)CC2)c1. The van der Waals surface area contributed by atoms with Crippen LogP contribution in [-0.2, 0) is 6.67 Å². The standard InChI is InChI=1S/C14H16ClN5O2/c15-12-1-3-13(4-2-12)18-7-5-17(6-8-18)11-19-10-14(9-16-19)20(21)22/h1-4,9-10H,5-8,11H2. The molecule has 1 saturated heterocycles. The molecule has 0 saturated carbocycles. The first kappa shape index (κ1) is 14.8. The van der Waals surface area contributed by atoms with Crippen molar-refractivity contribution in [1.29, 1.82) is 0 Å². The number of nitrogens with zero attached hydrogens (tertiary/aromatic N) is 5. The van der Waals surface area contributed by atoms with E-state index >= 15 is 0 Å². The lowest BCUT2D eigenvalue weighted by molar-refractivity contribution is -0.385. The van der Waals surface area contributed by atoms with E-state index in [-0.39, 0.29) is 5.69 Å². The number of halogens is 1. The lowest BCUT2D eigenvalue weighted by Gasteiger charge is -2.35. The number of benzene rings is 1. The maximum absolute atomic E-state index is 10.7. The molecule has 1 aliphatic heterocycles. The van der Waals surface area contributed by atoms with Crippen molar-refractivity contribution in [2.75, 3.05) is 31.1 Å². The molecule has 7 nitrogen and oxygen atoms in total. The number of anilines is 1. The molecule has 0 N–H and O–H groups in total. The van der Waals surface area contributed by atoms with Crippen LogP contribution in [0.15, 0.2) is 36.7 Å². The summed E-state index contributed by atoms with van der Waals surface area (Å²) >= 11 is 5.90. The maximum Gasteiger partial charge on any atom is 0.307 e. The molecular formula is C14H16ClN5O2. The average Bonchev–Trinajstić information content (AvgIpc) is 2.98. The summed E-state index contributed by atoms with van der Waals surface area (Å²) < 4.78 is 1.61. The third-order valence-corrected chi connectivity index (χ3v) is 3.99. The first-order valence-electron chi connectivity index (χ1n) is 7.01. The van der Waals surface area contributed by atoms with Gasteiger partial charge in [-0.25, -0.2) is 0 Å². The number of rotatable bonds is 4. The van der Waals surface area contributed by atoms with E-state index in [0.29, 0.717) is 6.67 Å². The Bertz CT molecular complexity index is 650. The van der Waals surface area contributed by atoms with Gasteiger partial charge in [0.25, 0.3) is 0 Å². The summed E-state index contributed by atoms with van der Waals surface area (Å²) in [6.45, 7) is 4.16. The van der Waals surface area contributed by atoms with Crippen LogP contribution in [0.25, 0.3) is 0 Å². The third-order valence-electron chi connectivity index (χ3n) is 3.74. The molecule has 0 radical (unpaired) electrons. The molecule has 2 heterocycles. The molecule has 8 heteroatoms. The van der Waals surface area contributed by atoms with Crippen molar-refractivity contribution < 1.29 is 4.92 Å². The molecule has 0 amide bonds. The van der Waals surface area contributed by atoms with Crippen LogP contribution in [-0.4, -0.2) is 45.8 Å². The predicted octanol–water partition coefficient (Wildman–Crippen LogP) is 2.22. The molecule has 0 bridgehead atoms. The van der Waals surface area contributed by atoms with E-state index in [9.17, 15) is 10.1 Å². The molecule has 22 heavy (non-hydrogen) atoms. The van der Waals surface area contributed by atoms with Gasteiger partial charge in [-0.2, -0.15) is 5.10 Å². The van der Waals surface area contributed by atoms with Crippen LogP contribution in [0.5, 0.6) is 0 Å². The van der Waals surface area contributed by atoms with Gasteiger partial charge in [0.15, 0.2) is 0 Å². The predicted molar refractivity (Wildman–Crippen MR) is 84.1 cm³/mol. The van der Waals surface area contributed by atoms with Gasteiger partial charge in [-0.05, 0) is 24.3 Å². The van der Waals surface area contributed by atoms with Crippen molar-refractivity contribution in [3.63, 3.8) is 0 Å². The first-order valence-corrected chi connectivity index (χ1v) is 7.39. The number of hydrogen-bond acceptors (Lipinski definition) is 5. The summed E-state index contributed by atoms with van der Waals surface area (Å²) in [6.07, 6.45) is 2.75. The third kappa shape index (κ3) is 3.37. The molecule has 0 aliphatic carbocycles. The normalized spacial score (nSPS) is 16.0. The van der Waals surface area contributed by atoms with Gasteiger partial charge in [-0.15, -0.1) is 0 Å².